The lowest BCUT2D eigenvalue weighted by molar-refractivity contribution is -0.117. The van der Waals surface area contributed by atoms with Crippen molar-refractivity contribution in [1.82, 2.24) is 4.90 Å². The molecule has 0 spiro atoms. The number of carbonyl (C=O) groups excluding carboxylic acids is 2. The van der Waals surface area contributed by atoms with Crippen LogP contribution in [0.15, 0.2) is 24.3 Å². The minimum atomic E-state index is -0.124. The summed E-state index contributed by atoms with van der Waals surface area (Å²) in [7, 11) is 0. The molecule has 6 heteroatoms. The van der Waals surface area contributed by atoms with Crippen LogP contribution in [0, 0.1) is 0 Å². The van der Waals surface area contributed by atoms with E-state index in [1.807, 2.05) is 6.07 Å². The Balaban J connectivity index is 1.86. The summed E-state index contributed by atoms with van der Waals surface area (Å²) in [6, 6.07) is 7.17. The van der Waals surface area contributed by atoms with E-state index < -0.39 is 0 Å². The van der Waals surface area contributed by atoms with Gasteiger partial charge in [-0.05, 0) is 44.1 Å². The number of hydrogen-bond donors (Lipinski definition) is 3. The molecule has 23 heavy (non-hydrogen) atoms. The Morgan fingerprint density at radius 3 is 2.22 bits per heavy atom. The van der Waals surface area contributed by atoms with Crippen molar-refractivity contribution in [3.8, 4) is 0 Å². The van der Waals surface area contributed by atoms with Crippen molar-refractivity contribution in [2.45, 2.75) is 32.1 Å². The highest BCUT2D eigenvalue weighted by Crippen LogP contribution is 2.16. The zero-order valence-corrected chi connectivity index (χ0v) is 13.5. The summed E-state index contributed by atoms with van der Waals surface area (Å²) in [6.45, 7) is 2.72. The Kier molecular flexibility index (Phi) is 7.03. The van der Waals surface area contributed by atoms with Crippen LogP contribution in [0.1, 0.15) is 32.1 Å². The van der Waals surface area contributed by atoms with Gasteiger partial charge in [0, 0.05) is 24.3 Å². The second-order valence-electron chi connectivity index (χ2n) is 5.91. The summed E-state index contributed by atoms with van der Waals surface area (Å²) in [5.74, 6) is -0.141. The third-order valence-corrected chi connectivity index (χ3v) is 3.87. The minimum absolute atomic E-state index is 0.0164. The molecule has 126 valence electrons. The number of carbonyl (C=O) groups is 2. The largest absolute Gasteiger partial charge is 0.330 e. The first kappa shape index (κ1) is 17.4. The van der Waals surface area contributed by atoms with Crippen molar-refractivity contribution < 1.29 is 9.59 Å². The standard InChI is InChI=1S/C17H26N4O2/c18-9-8-16(22)19-14-6-5-7-15(12-14)20-17(23)13-21-10-3-1-2-4-11-21/h5-7,12H,1-4,8-11,13,18H2,(H,19,22)(H,20,23). The van der Waals surface area contributed by atoms with Crippen LogP contribution in [0.4, 0.5) is 11.4 Å². The average molecular weight is 318 g/mol. The molecule has 1 fully saturated rings. The van der Waals surface area contributed by atoms with Crippen molar-refractivity contribution in [2.24, 2.45) is 5.73 Å². The predicted octanol–water partition coefficient (Wildman–Crippen LogP) is 1.79. The van der Waals surface area contributed by atoms with E-state index in [2.05, 4.69) is 15.5 Å². The zero-order chi connectivity index (χ0) is 16.5. The summed E-state index contributed by atoms with van der Waals surface area (Å²) in [5, 5.41) is 5.66. The summed E-state index contributed by atoms with van der Waals surface area (Å²) in [4.78, 5) is 25.9. The molecule has 1 aromatic rings. The quantitative estimate of drug-likeness (QED) is 0.746. The molecular weight excluding hydrogens is 292 g/mol. The van der Waals surface area contributed by atoms with Crippen molar-refractivity contribution in [1.29, 1.82) is 0 Å². The number of benzene rings is 1. The number of likely N-dealkylation sites (tertiary alicyclic amines) is 1. The molecule has 4 N–H and O–H groups in total. The van der Waals surface area contributed by atoms with Gasteiger partial charge in [0.2, 0.25) is 11.8 Å². The van der Waals surface area contributed by atoms with Gasteiger partial charge >= 0.3 is 0 Å². The second kappa shape index (κ2) is 9.27. The van der Waals surface area contributed by atoms with Crippen LogP contribution < -0.4 is 16.4 Å². The molecule has 0 aliphatic carbocycles. The molecule has 0 atom stereocenters. The van der Waals surface area contributed by atoms with E-state index in [1.165, 1.54) is 12.8 Å². The molecule has 0 unspecified atom stereocenters. The van der Waals surface area contributed by atoms with Crippen molar-refractivity contribution in [2.75, 3.05) is 36.8 Å². The van der Waals surface area contributed by atoms with Crippen LogP contribution in [-0.2, 0) is 9.59 Å². The molecule has 1 aliphatic rings. The first-order chi connectivity index (χ1) is 11.2. The van der Waals surface area contributed by atoms with Gasteiger partial charge in [0.05, 0.1) is 6.54 Å². The van der Waals surface area contributed by atoms with Crippen LogP contribution in [0.3, 0.4) is 0 Å². The summed E-state index contributed by atoms with van der Waals surface area (Å²) in [5.41, 5.74) is 6.71. The number of hydrogen-bond acceptors (Lipinski definition) is 4. The Hall–Kier alpha value is -1.92. The first-order valence-corrected chi connectivity index (χ1v) is 8.29. The molecule has 0 bridgehead atoms. The fourth-order valence-electron chi connectivity index (χ4n) is 2.73. The van der Waals surface area contributed by atoms with Crippen LogP contribution >= 0.6 is 0 Å². The monoisotopic (exact) mass is 318 g/mol. The maximum Gasteiger partial charge on any atom is 0.238 e. The molecule has 0 saturated carbocycles. The molecule has 1 aliphatic heterocycles. The normalized spacial score (nSPS) is 15.7. The van der Waals surface area contributed by atoms with E-state index in [9.17, 15) is 9.59 Å². The maximum atomic E-state index is 12.2. The molecule has 1 aromatic carbocycles. The molecule has 1 heterocycles. The smallest absolute Gasteiger partial charge is 0.238 e. The molecular formula is C17H26N4O2. The molecule has 0 radical (unpaired) electrons. The van der Waals surface area contributed by atoms with E-state index >= 15 is 0 Å². The topological polar surface area (TPSA) is 87.5 Å². The van der Waals surface area contributed by atoms with Gasteiger partial charge in [-0.15, -0.1) is 0 Å². The Labute approximate surface area is 137 Å². The summed E-state index contributed by atoms with van der Waals surface area (Å²) in [6.07, 6.45) is 5.11. The van der Waals surface area contributed by atoms with Crippen molar-refractivity contribution in [3.05, 3.63) is 24.3 Å². The van der Waals surface area contributed by atoms with Gasteiger partial charge in [-0.3, -0.25) is 14.5 Å². The van der Waals surface area contributed by atoms with Crippen LogP contribution in [0.25, 0.3) is 0 Å². The Bertz CT molecular complexity index is 525. The van der Waals surface area contributed by atoms with Gasteiger partial charge in [0.15, 0.2) is 0 Å². The molecule has 1 saturated heterocycles. The first-order valence-electron chi connectivity index (χ1n) is 8.29. The van der Waals surface area contributed by atoms with Crippen LogP contribution in [0.5, 0.6) is 0 Å². The van der Waals surface area contributed by atoms with E-state index in [0.29, 0.717) is 24.5 Å². The van der Waals surface area contributed by atoms with Gasteiger partial charge in [-0.2, -0.15) is 0 Å². The summed E-state index contributed by atoms with van der Waals surface area (Å²) < 4.78 is 0. The van der Waals surface area contributed by atoms with E-state index in [4.69, 9.17) is 5.73 Å². The lowest BCUT2D eigenvalue weighted by Gasteiger charge is -2.19. The van der Waals surface area contributed by atoms with Crippen LogP contribution in [0.2, 0.25) is 0 Å². The Morgan fingerprint density at radius 2 is 1.61 bits per heavy atom. The maximum absolute atomic E-state index is 12.2. The lowest BCUT2D eigenvalue weighted by atomic mass is 10.2. The third kappa shape index (κ3) is 6.38. The summed E-state index contributed by atoms with van der Waals surface area (Å²) >= 11 is 0. The number of anilines is 2. The lowest BCUT2D eigenvalue weighted by Crippen LogP contribution is -2.33. The number of rotatable bonds is 6. The van der Waals surface area contributed by atoms with E-state index in [-0.39, 0.29) is 18.2 Å². The van der Waals surface area contributed by atoms with Gasteiger partial charge in [-0.25, -0.2) is 0 Å². The fourth-order valence-corrected chi connectivity index (χ4v) is 2.73. The van der Waals surface area contributed by atoms with Gasteiger partial charge in [0.25, 0.3) is 0 Å². The van der Waals surface area contributed by atoms with Gasteiger partial charge < -0.3 is 16.4 Å². The van der Waals surface area contributed by atoms with Gasteiger partial charge in [0.1, 0.15) is 0 Å². The second-order valence-corrected chi connectivity index (χ2v) is 5.91. The fraction of sp³-hybridized carbons (Fsp3) is 0.529. The number of nitrogens with two attached hydrogens (primary N) is 1. The predicted molar refractivity (Wildman–Crippen MR) is 92.3 cm³/mol. The third-order valence-electron chi connectivity index (χ3n) is 3.87. The number of nitrogens with one attached hydrogen (secondary N) is 2. The highest BCUT2D eigenvalue weighted by Gasteiger charge is 2.13. The SMILES string of the molecule is NCCC(=O)Nc1cccc(NC(=O)CN2CCCCCC2)c1. The van der Waals surface area contributed by atoms with Gasteiger partial charge in [-0.1, -0.05) is 18.9 Å². The molecule has 2 rings (SSSR count). The number of amides is 2. The number of nitrogens with zero attached hydrogens (tertiary/aromatic N) is 1. The van der Waals surface area contributed by atoms with E-state index in [1.54, 1.807) is 18.2 Å². The highest BCUT2D eigenvalue weighted by atomic mass is 16.2. The van der Waals surface area contributed by atoms with Crippen molar-refractivity contribution in [3.63, 3.8) is 0 Å². The molecule has 6 nitrogen and oxygen atoms in total. The van der Waals surface area contributed by atoms with Crippen LogP contribution in [-0.4, -0.2) is 42.9 Å². The molecule has 2 amide bonds. The average Bonchev–Trinajstić information content (AvgIpc) is 2.76. The minimum Gasteiger partial charge on any atom is -0.330 e. The van der Waals surface area contributed by atoms with E-state index in [0.717, 1.165) is 25.9 Å². The molecule has 0 aromatic heterocycles. The zero-order valence-electron chi connectivity index (χ0n) is 13.5. The van der Waals surface area contributed by atoms with Crippen molar-refractivity contribution >= 4 is 23.2 Å². The highest BCUT2D eigenvalue weighted by molar-refractivity contribution is 5.94. The Morgan fingerprint density at radius 1 is 1.00 bits per heavy atom.